The number of nitrogens with zero attached hydrogens (tertiary/aromatic N) is 1. The first kappa shape index (κ1) is 5.59. The van der Waals surface area contributed by atoms with Gasteiger partial charge in [-0.25, -0.2) is 0 Å². The van der Waals surface area contributed by atoms with Crippen LogP contribution >= 0.6 is 0 Å². The molecule has 2 nitrogen and oxygen atoms in total. The molecule has 1 aliphatic rings. The number of para-hydroxylation sites is 2. The molecule has 0 saturated heterocycles. The van der Waals surface area contributed by atoms with Crippen molar-refractivity contribution in [3.05, 3.63) is 30.9 Å². The molecule has 2 rings (SSSR count). The Labute approximate surface area is 60.5 Å². The number of anilines is 2. The fourth-order valence-electron chi connectivity index (χ4n) is 1.14. The van der Waals surface area contributed by atoms with Crippen molar-refractivity contribution in [2.24, 2.45) is 0 Å². The molecule has 10 heavy (non-hydrogen) atoms. The number of hydrogen-bond donors (Lipinski definition) is 1. The average molecular weight is 133 g/mol. The fraction of sp³-hybridized carbons (Fsp3) is 0.125. The van der Waals surface area contributed by atoms with Crippen LogP contribution in [0.2, 0.25) is 0 Å². The minimum atomic E-state index is 1.19. The molecule has 1 radical (unpaired) electrons. The number of benzene rings is 1. The van der Waals surface area contributed by atoms with E-state index >= 15 is 0 Å². The molecule has 1 heterocycles. The van der Waals surface area contributed by atoms with E-state index in [0.29, 0.717) is 0 Å². The Morgan fingerprint density at radius 2 is 2.10 bits per heavy atom. The first-order chi connectivity index (χ1) is 4.88. The molecule has 1 aliphatic heterocycles. The summed E-state index contributed by atoms with van der Waals surface area (Å²) in [6, 6.07) is 8.22. The lowest BCUT2D eigenvalue weighted by molar-refractivity contribution is 1.16. The number of fused-ring (bicyclic) bond motifs is 1. The van der Waals surface area contributed by atoms with Gasteiger partial charge in [0, 0.05) is 7.05 Å². The Morgan fingerprint density at radius 1 is 1.30 bits per heavy atom. The van der Waals surface area contributed by atoms with Crippen LogP contribution in [-0.2, 0) is 0 Å². The summed E-state index contributed by atoms with van der Waals surface area (Å²) in [6.07, 6.45) is 0. The van der Waals surface area contributed by atoms with Gasteiger partial charge in [0.1, 0.15) is 6.67 Å². The van der Waals surface area contributed by atoms with Crippen molar-refractivity contribution in [2.75, 3.05) is 17.3 Å². The Bertz CT molecular complexity index is 245. The summed E-state index contributed by atoms with van der Waals surface area (Å²) in [6.45, 7) is 1.95. The lowest BCUT2D eigenvalue weighted by Crippen LogP contribution is -2.09. The van der Waals surface area contributed by atoms with Crippen LogP contribution in [0.1, 0.15) is 0 Å². The molecular formula is C8H9N2. The third-order valence-corrected chi connectivity index (χ3v) is 1.70. The number of rotatable bonds is 0. The van der Waals surface area contributed by atoms with Gasteiger partial charge in [-0.3, -0.25) is 0 Å². The van der Waals surface area contributed by atoms with Gasteiger partial charge in [0.05, 0.1) is 11.4 Å². The summed E-state index contributed by atoms with van der Waals surface area (Å²) in [5, 5.41) is 3.15. The smallest absolute Gasteiger partial charge is 0.139 e. The monoisotopic (exact) mass is 133 g/mol. The van der Waals surface area contributed by atoms with Crippen molar-refractivity contribution in [3.63, 3.8) is 0 Å². The van der Waals surface area contributed by atoms with E-state index in [-0.39, 0.29) is 0 Å². The van der Waals surface area contributed by atoms with Crippen molar-refractivity contribution < 1.29 is 0 Å². The van der Waals surface area contributed by atoms with E-state index in [1.165, 1.54) is 11.4 Å². The zero-order chi connectivity index (χ0) is 6.97. The van der Waals surface area contributed by atoms with Gasteiger partial charge in [-0.2, -0.15) is 0 Å². The lowest BCUT2D eigenvalue weighted by atomic mass is 10.3. The third-order valence-electron chi connectivity index (χ3n) is 1.70. The largest absolute Gasteiger partial charge is 0.360 e. The van der Waals surface area contributed by atoms with Crippen LogP contribution in [0.5, 0.6) is 0 Å². The highest BCUT2D eigenvalue weighted by atomic mass is 15.3. The molecular weight excluding hydrogens is 124 g/mol. The van der Waals surface area contributed by atoms with Crippen LogP contribution in [0.25, 0.3) is 0 Å². The van der Waals surface area contributed by atoms with Crippen LogP contribution in [0.4, 0.5) is 11.4 Å². The summed E-state index contributed by atoms with van der Waals surface area (Å²) in [4.78, 5) is 2.06. The second-order valence-electron chi connectivity index (χ2n) is 2.40. The van der Waals surface area contributed by atoms with E-state index in [0.717, 1.165) is 0 Å². The molecule has 51 valence electrons. The molecule has 0 unspecified atom stereocenters. The van der Waals surface area contributed by atoms with Gasteiger partial charge in [-0.15, -0.1) is 0 Å². The minimum Gasteiger partial charge on any atom is -0.360 e. The summed E-state index contributed by atoms with van der Waals surface area (Å²) in [7, 11) is 2.03. The topological polar surface area (TPSA) is 15.3 Å². The summed E-state index contributed by atoms with van der Waals surface area (Å²) < 4.78 is 0. The van der Waals surface area contributed by atoms with Gasteiger partial charge >= 0.3 is 0 Å². The highest BCUT2D eigenvalue weighted by Crippen LogP contribution is 2.30. The van der Waals surface area contributed by atoms with E-state index in [2.05, 4.69) is 22.3 Å². The first-order valence-electron chi connectivity index (χ1n) is 3.30. The average Bonchev–Trinajstić information content (AvgIpc) is 2.34. The van der Waals surface area contributed by atoms with Crippen molar-refractivity contribution in [2.45, 2.75) is 0 Å². The van der Waals surface area contributed by atoms with Gasteiger partial charge in [-0.05, 0) is 12.1 Å². The third kappa shape index (κ3) is 0.652. The molecule has 0 aromatic heterocycles. The Kier molecular flexibility index (Phi) is 1.07. The molecule has 0 amide bonds. The molecule has 2 heteroatoms. The molecule has 0 atom stereocenters. The molecule has 1 N–H and O–H groups in total. The van der Waals surface area contributed by atoms with Crippen molar-refractivity contribution >= 4 is 11.4 Å². The summed E-state index contributed by atoms with van der Waals surface area (Å²) in [5.41, 5.74) is 2.42. The maximum Gasteiger partial charge on any atom is 0.139 e. The van der Waals surface area contributed by atoms with Gasteiger partial charge in [0.2, 0.25) is 0 Å². The number of hydrogen-bond acceptors (Lipinski definition) is 2. The van der Waals surface area contributed by atoms with E-state index in [1.807, 2.05) is 25.8 Å². The maximum absolute atomic E-state index is 3.15. The van der Waals surface area contributed by atoms with Gasteiger partial charge in [0.25, 0.3) is 0 Å². The molecule has 0 fully saturated rings. The highest BCUT2D eigenvalue weighted by molar-refractivity contribution is 5.76. The Balaban J connectivity index is 2.51. The molecule has 0 saturated carbocycles. The Hall–Kier alpha value is -1.18. The quantitative estimate of drug-likeness (QED) is 0.579. The van der Waals surface area contributed by atoms with Gasteiger partial charge < -0.3 is 10.2 Å². The minimum absolute atomic E-state index is 1.19. The highest BCUT2D eigenvalue weighted by Gasteiger charge is 2.12. The van der Waals surface area contributed by atoms with Gasteiger partial charge in [-0.1, -0.05) is 12.1 Å². The van der Waals surface area contributed by atoms with Gasteiger partial charge in [0.15, 0.2) is 0 Å². The second-order valence-corrected chi connectivity index (χ2v) is 2.40. The van der Waals surface area contributed by atoms with Crippen molar-refractivity contribution in [1.29, 1.82) is 0 Å². The second kappa shape index (κ2) is 1.90. The summed E-state index contributed by atoms with van der Waals surface area (Å²) >= 11 is 0. The van der Waals surface area contributed by atoms with Crippen molar-refractivity contribution in [1.82, 2.24) is 0 Å². The van der Waals surface area contributed by atoms with Crippen LogP contribution < -0.4 is 10.2 Å². The SMILES string of the molecule is CN1[CH]Nc2ccccc21. The van der Waals surface area contributed by atoms with Crippen molar-refractivity contribution in [3.8, 4) is 0 Å². The van der Waals surface area contributed by atoms with Crippen LogP contribution in [0.3, 0.4) is 0 Å². The molecule has 1 aromatic rings. The summed E-state index contributed by atoms with van der Waals surface area (Å²) in [5.74, 6) is 0. The van der Waals surface area contributed by atoms with E-state index in [9.17, 15) is 0 Å². The predicted molar refractivity (Wildman–Crippen MR) is 42.8 cm³/mol. The molecule has 0 bridgehead atoms. The fourth-order valence-corrected chi connectivity index (χ4v) is 1.14. The predicted octanol–water partition coefficient (Wildman–Crippen LogP) is 1.67. The lowest BCUT2D eigenvalue weighted by Gasteiger charge is -2.07. The molecule has 0 spiro atoms. The van der Waals surface area contributed by atoms with E-state index in [4.69, 9.17) is 0 Å². The first-order valence-corrected chi connectivity index (χ1v) is 3.30. The van der Waals surface area contributed by atoms with E-state index < -0.39 is 0 Å². The maximum atomic E-state index is 3.15. The van der Waals surface area contributed by atoms with E-state index in [1.54, 1.807) is 0 Å². The number of nitrogens with one attached hydrogen (secondary N) is 1. The zero-order valence-electron chi connectivity index (χ0n) is 5.83. The molecule has 1 aromatic carbocycles. The zero-order valence-corrected chi connectivity index (χ0v) is 5.83. The molecule has 0 aliphatic carbocycles. The van der Waals surface area contributed by atoms with Crippen LogP contribution in [0, 0.1) is 6.67 Å². The standard InChI is InChI=1S/C8H9N2/c1-10-6-9-7-4-2-3-5-8(7)10/h2-6,9H,1H3. The Morgan fingerprint density at radius 3 is 2.90 bits per heavy atom. The van der Waals surface area contributed by atoms with Crippen LogP contribution in [-0.4, -0.2) is 7.05 Å². The normalized spacial score (nSPS) is 14.7. The van der Waals surface area contributed by atoms with Crippen LogP contribution in [0.15, 0.2) is 24.3 Å².